The molecule has 3 nitrogen and oxygen atoms in total. The summed E-state index contributed by atoms with van der Waals surface area (Å²) in [5.74, 6) is 0.600. The highest BCUT2D eigenvalue weighted by atomic mass is 32.2. The van der Waals surface area contributed by atoms with E-state index in [0.717, 1.165) is 6.42 Å². The first-order chi connectivity index (χ1) is 5.59. The molecule has 0 amide bonds. The van der Waals surface area contributed by atoms with E-state index in [-0.39, 0.29) is 6.04 Å². The first-order valence-electron chi connectivity index (χ1n) is 4.20. The maximum absolute atomic E-state index is 10.6. The van der Waals surface area contributed by atoms with E-state index in [9.17, 15) is 4.79 Å². The zero-order valence-corrected chi connectivity index (χ0v) is 8.23. The third-order valence-electron chi connectivity index (χ3n) is 1.83. The molecule has 0 aromatic heterocycles. The normalized spacial score (nSPS) is 29.6. The number of carbonyl (C=O) groups is 1. The van der Waals surface area contributed by atoms with Crippen molar-refractivity contribution in [3.8, 4) is 0 Å². The zero-order valence-electron chi connectivity index (χ0n) is 7.41. The molecule has 2 N–H and O–H groups in total. The Morgan fingerprint density at radius 3 is 2.83 bits per heavy atom. The number of nitrogens with one attached hydrogen (secondary N) is 1. The lowest BCUT2D eigenvalue weighted by Crippen LogP contribution is -2.36. The predicted octanol–water partition coefficient (Wildman–Crippen LogP) is 1.15. The Morgan fingerprint density at radius 2 is 2.42 bits per heavy atom. The highest BCUT2D eigenvalue weighted by Gasteiger charge is 2.29. The molecule has 0 aromatic carbocycles. The summed E-state index contributed by atoms with van der Waals surface area (Å²) in [6.07, 6.45) is 1.05. The third kappa shape index (κ3) is 2.68. The van der Waals surface area contributed by atoms with E-state index in [0.29, 0.717) is 17.0 Å². The van der Waals surface area contributed by atoms with E-state index >= 15 is 0 Å². The summed E-state index contributed by atoms with van der Waals surface area (Å²) in [5, 5.41) is 12.1. The summed E-state index contributed by atoms with van der Waals surface area (Å²) in [4.78, 5) is 10.6. The van der Waals surface area contributed by atoms with Crippen molar-refractivity contribution >= 4 is 17.7 Å². The summed E-state index contributed by atoms with van der Waals surface area (Å²) >= 11 is 1.72. The second-order valence-electron chi connectivity index (χ2n) is 3.51. The standard InChI is InChI=1S/C8H15NO2S/c1-5(2)3-7-9-6(4-12-7)8(10)11/h5-7,9H,3-4H2,1-2H3,(H,10,11)/t6-,7?/m0/s1. The molecule has 0 radical (unpaired) electrons. The van der Waals surface area contributed by atoms with E-state index < -0.39 is 5.97 Å². The molecule has 1 unspecified atom stereocenters. The van der Waals surface area contributed by atoms with Crippen molar-refractivity contribution < 1.29 is 9.90 Å². The fourth-order valence-electron chi connectivity index (χ4n) is 1.24. The van der Waals surface area contributed by atoms with Crippen LogP contribution in [0.2, 0.25) is 0 Å². The van der Waals surface area contributed by atoms with Crippen molar-refractivity contribution in [3.63, 3.8) is 0 Å². The lowest BCUT2D eigenvalue weighted by Gasteiger charge is -2.12. The summed E-state index contributed by atoms with van der Waals surface area (Å²) in [6.45, 7) is 4.30. The summed E-state index contributed by atoms with van der Waals surface area (Å²) in [5.41, 5.74) is 0. The largest absolute Gasteiger partial charge is 0.480 e. The Balaban J connectivity index is 2.30. The maximum atomic E-state index is 10.6. The Morgan fingerprint density at radius 1 is 1.75 bits per heavy atom. The second-order valence-corrected chi connectivity index (χ2v) is 4.74. The van der Waals surface area contributed by atoms with Crippen LogP contribution in [0.1, 0.15) is 20.3 Å². The van der Waals surface area contributed by atoms with Gasteiger partial charge in [0.25, 0.3) is 0 Å². The van der Waals surface area contributed by atoms with Gasteiger partial charge in [-0.25, -0.2) is 0 Å². The summed E-state index contributed by atoms with van der Waals surface area (Å²) < 4.78 is 0. The van der Waals surface area contributed by atoms with Crippen molar-refractivity contribution in [1.29, 1.82) is 0 Å². The van der Waals surface area contributed by atoms with Gasteiger partial charge in [-0.2, -0.15) is 0 Å². The van der Waals surface area contributed by atoms with Crippen molar-refractivity contribution in [1.82, 2.24) is 5.32 Å². The quantitative estimate of drug-likeness (QED) is 0.699. The van der Waals surface area contributed by atoms with Crippen LogP contribution >= 0.6 is 11.8 Å². The Kier molecular flexibility index (Phi) is 3.40. The highest BCUT2D eigenvalue weighted by Crippen LogP contribution is 2.24. The van der Waals surface area contributed by atoms with E-state index in [1.54, 1.807) is 11.8 Å². The molecule has 0 aliphatic carbocycles. The number of rotatable bonds is 3. The Hall–Kier alpha value is -0.220. The molecule has 0 aromatic rings. The molecule has 4 heteroatoms. The predicted molar refractivity (Wildman–Crippen MR) is 50.3 cm³/mol. The lowest BCUT2D eigenvalue weighted by atomic mass is 10.1. The van der Waals surface area contributed by atoms with Crippen LogP contribution < -0.4 is 5.32 Å². The molecule has 1 aliphatic rings. The smallest absolute Gasteiger partial charge is 0.321 e. The number of hydrogen-bond donors (Lipinski definition) is 2. The fourth-order valence-corrected chi connectivity index (χ4v) is 2.68. The summed E-state index contributed by atoms with van der Waals surface area (Å²) in [7, 11) is 0. The zero-order chi connectivity index (χ0) is 9.14. The van der Waals surface area contributed by atoms with Gasteiger partial charge in [-0.05, 0) is 12.3 Å². The first-order valence-corrected chi connectivity index (χ1v) is 5.25. The van der Waals surface area contributed by atoms with E-state index in [1.807, 2.05) is 0 Å². The molecule has 1 rings (SSSR count). The molecule has 0 spiro atoms. The molecule has 1 fully saturated rings. The van der Waals surface area contributed by atoms with Gasteiger partial charge in [0.05, 0.1) is 5.37 Å². The van der Waals surface area contributed by atoms with Crippen molar-refractivity contribution in [2.75, 3.05) is 5.75 Å². The first kappa shape index (κ1) is 9.86. The summed E-state index contributed by atoms with van der Waals surface area (Å²) in [6, 6.07) is -0.334. The van der Waals surface area contributed by atoms with Crippen molar-refractivity contribution in [3.05, 3.63) is 0 Å². The minimum Gasteiger partial charge on any atom is -0.480 e. The molecule has 2 atom stereocenters. The SMILES string of the molecule is CC(C)CC1N[C@H](C(=O)O)CS1. The Bertz CT molecular complexity index is 172. The number of carboxylic acid groups (broad SMARTS) is 1. The molecular weight excluding hydrogens is 174 g/mol. The topological polar surface area (TPSA) is 49.3 Å². The molecule has 0 bridgehead atoms. The molecular formula is C8H15NO2S. The van der Waals surface area contributed by atoms with Crippen molar-refractivity contribution in [2.45, 2.75) is 31.7 Å². The molecule has 70 valence electrons. The minimum atomic E-state index is -0.728. The van der Waals surface area contributed by atoms with Gasteiger partial charge in [-0.3, -0.25) is 10.1 Å². The molecule has 1 heterocycles. The van der Waals surface area contributed by atoms with Gasteiger partial charge < -0.3 is 5.11 Å². The van der Waals surface area contributed by atoms with Crippen LogP contribution in [0, 0.1) is 5.92 Å². The fraction of sp³-hybridized carbons (Fsp3) is 0.875. The third-order valence-corrected chi connectivity index (χ3v) is 3.09. The van der Waals surface area contributed by atoms with Crippen LogP contribution in [-0.4, -0.2) is 28.2 Å². The molecule has 1 saturated heterocycles. The number of hydrogen-bond acceptors (Lipinski definition) is 3. The van der Waals surface area contributed by atoms with Crippen LogP contribution in [0.25, 0.3) is 0 Å². The Labute approximate surface area is 76.9 Å². The van der Waals surface area contributed by atoms with Gasteiger partial charge in [-0.15, -0.1) is 11.8 Å². The minimum absolute atomic E-state index is 0.334. The van der Waals surface area contributed by atoms with E-state index in [2.05, 4.69) is 19.2 Å². The van der Waals surface area contributed by atoms with Gasteiger partial charge in [0.2, 0.25) is 0 Å². The molecule has 1 aliphatic heterocycles. The van der Waals surface area contributed by atoms with Crippen LogP contribution in [0.4, 0.5) is 0 Å². The van der Waals surface area contributed by atoms with Gasteiger partial charge in [0.15, 0.2) is 0 Å². The molecule has 12 heavy (non-hydrogen) atoms. The second kappa shape index (κ2) is 4.14. The highest BCUT2D eigenvalue weighted by molar-refractivity contribution is 8.00. The van der Waals surface area contributed by atoms with Crippen LogP contribution in [0.3, 0.4) is 0 Å². The number of carboxylic acids is 1. The monoisotopic (exact) mass is 189 g/mol. The van der Waals surface area contributed by atoms with E-state index in [1.165, 1.54) is 0 Å². The van der Waals surface area contributed by atoms with Gasteiger partial charge in [0.1, 0.15) is 6.04 Å². The van der Waals surface area contributed by atoms with Crippen molar-refractivity contribution in [2.24, 2.45) is 5.92 Å². The van der Waals surface area contributed by atoms with Gasteiger partial charge in [-0.1, -0.05) is 13.8 Å². The van der Waals surface area contributed by atoms with Crippen LogP contribution in [0.15, 0.2) is 0 Å². The molecule has 0 saturated carbocycles. The average Bonchev–Trinajstić information content (AvgIpc) is 2.34. The van der Waals surface area contributed by atoms with Gasteiger partial charge >= 0.3 is 5.97 Å². The maximum Gasteiger partial charge on any atom is 0.321 e. The lowest BCUT2D eigenvalue weighted by molar-refractivity contribution is -0.138. The average molecular weight is 189 g/mol. The van der Waals surface area contributed by atoms with Crippen LogP contribution in [0.5, 0.6) is 0 Å². The van der Waals surface area contributed by atoms with Gasteiger partial charge in [0, 0.05) is 5.75 Å². The van der Waals surface area contributed by atoms with Crippen LogP contribution in [-0.2, 0) is 4.79 Å². The van der Waals surface area contributed by atoms with E-state index in [4.69, 9.17) is 5.11 Å². The number of thioether (sulfide) groups is 1. The number of aliphatic carboxylic acids is 1.